The van der Waals surface area contributed by atoms with E-state index in [-0.39, 0.29) is 0 Å². The van der Waals surface area contributed by atoms with Gasteiger partial charge in [0.15, 0.2) is 11.6 Å². The predicted molar refractivity (Wildman–Crippen MR) is 127 cm³/mol. The highest BCUT2D eigenvalue weighted by Gasteiger charge is 2.30. The van der Waals surface area contributed by atoms with Gasteiger partial charge in [-0.25, -0.2) is 15.0 Å². The minimum atomic E-state index is -4.40. The van der Waals surface area contributed by atoms with E-state index in [4.69, 9.17) is 9.72 Å². The van der Waals surface area contributed by atoms with E-state index < -0.39 is 18.0 Å². The smallest absolute Gasteiger partial charge is 0.378 e. The van der Waals surface area contributed by atoms with Crippen LogP contribution in [0.5, 0.6) is 0 Å². The van der Waals surface area contributed by atoms with Gasteiger partial charge in [0.2, 0.25) is 6.29 Å². The number of hydroxylamine groups is 2. The highest BCUT2D eigenvalue weighted by atomic mass is 32.1. The minimum Gasteiger partial charge on any atom is -0.378 e. The van der Waals surface area contributed by atoms with E-state index >= 15 is 0 Å². The number of hydrogen-bond donors (Lipinski definition) is 1. The van der Waals surface area contributed by atoms with Crippen LogP contribution in [-0.4, -0.2) is 71.0 Å². The summed E-state index contributed by atoms with van der Waals surface area (Å²) < 4.78 is 45.4. The first-order valence-corrected chi connectivity index (χ1v) is 11.8. The van der Waals surface area contributed by atoms with Crippen LogP contribution in [0.2, 0.25) is 0 Å². The van der Waals surface area contributed by atoms with Crippen LogP contribution < -0.4 is 4.90 Å². The summed E-state index contributed by atoms with van der Waals surface area (Å²) in [7, 11) is 1.86. The molecule has 1 saturated heterocycles. The lowest BCUT2D eigenvalue weighted by Gasteiger charge is -2.30. The monoisotopic (exact) mass is 504 g/mol. The van der Waals surface area contributed by atoms with E-state index in [1.807, 2.05) is 18.0 Å². The zero-order chi connectivity index (χ0) is 24.6. The van der Waals surface area contributed by atoms with Crippen LogP contribution in [0.15, 0.2) is 47.6 Å². The van der Waals surface area contributed by atoms with Crippen molar-refractivity contribution in [2.75, 3.05) is 38.3 Å². The summed E-state index contributed by atoms with van der Waals surface area (Å²) in [6, 6.07) is 6.85. The molecule has 1 unspecified atom stereocenters. The summed E-state index contributed by atoms with van der Waals surface area (Å²) in [4.78, 5) is 18.8. The Morgan fingerprint density at radius 1 is 1.17 bits per heavy atom. The highest BCUT2D eigenvalue weighted by molar-refractivity contribution is 7.19. The van der Waals surface area contributed by atoms with E-state index in [1.54, 1.807) is 23.6 Å². The Kier molecular flexibility index (Phi) is 6.45. The van der Waals surface area contributed by atoms with Crippen LogP contribution in [0.4, 0.5) is 19.0 Å². The molecule has 2 aromatic heterocycles. The molecule has 0 radical (unpaired) electrons. The first kappa shape index (κ1) is 23.7. The molecule has 8 nitrogen and oxygen atoms in total. The molecule has 0 saturated carbocycles. The van der Waals surface area contributed by atoms with E-state index in [1.165, 1.54) is 18.3 Å². The lowest BCUT2D eigenvalue weighted by Crippen LogP contribution is -2.41. The average Bonchev–Trinajstić information content (AvgIpc) is 3.26. The second-order valence-corrected chi connectivity index (χ2v) is 9.39. The topological polar surface area (TPSA) is 77.3 Å². The Morgan fingerprint density at radius 2 is 1.91 bits per heavy atom. The molecule has 1 aromatic carbocycles. The van der Waals surface area contributed by atoms with Crippen molar-refractivity contribution in [2.45, 2.75) is 19.0 Å². The van der Waals surface area contributed by atoms with Crippen LogP contribution in [0.25, 0.3) is 21.6 Å². The van der Waals surface area contributed by atoms with Crippen LogP contribution in [0, 0.1) is 0 Å². The molecule has 184 valence electrons. The number of rotatable bonds is 5. The zero-order valence-corrected chi connectivity index (χ0v) is 19.6. The third-order valence-corrected chi connectivity index (χ3v) is 6.87. The van der Waals surface area contributed by atoms with Crippen molar-refractivity contribution in [1.82, 2.24) is 19.9 Å². The second kappa shape index (κ2) is 9.53. The number of thiophene rings is 1. The van der Waals surface area contributed by atoms with Crippen molar-refractivity contribution in [2.24, 2.45) is 4.99 Å². The molecule has 1 fully saturated rings. The Morgan fingerprint density at radius 3 is 2.60 bits per heavy atom. The number of allylic oxidation sites excluding steroid dienone is 1. The number of ether oxygens (including phenoxy) is 1. The maximum Gasteiger partial charge on any atom is 0.416 e. The largest absolute Gasteiger partial charge is 0.416 e. The first-order chi connectivity index (χ1) is 16.8. The molecule has 1 N–H and O–H groups in total. The molecule has 2 aliphatic rings. The number of fused-ring (bicyclic) bond motifs is 1. The third-order valence-electron chi connectivity index (χ3n) is 5.77. The second-order valence-electron chi connectivity index (χ2n) is 8.25. The molecule has 3 aromatic rings. The van der Waals surface area contributed by atoms with Gasteiger partial charge in [-0.05, 0) is 31.3 Å². The van der Waals surface area contributed by atoms with Crippen molar-refractivity contribution in [3.05, 3.63) is 53.0 Å². The molecule has 0 aliphatic carbocycles. The van der Waals surface area contributed by atoms with Crippen molar-refractivity contribution in [3.63, 3.8) is 0 Å². The number of anilines is 1. The molecule has 4 heterocycles. The fourth-order valence-electron chi connectivity index (χ4n) is 4.01. The number of benzene rings is 1. The van der Waals surface area contributed by atoms with Crippen LogP contribution >= 0.6 is 11.3 Å². The number of alkyl halides is 3. The zero-order valence-electron chi connectivity index (χ0n) is 18.8. The first-order valence-electron chi connectivity index (χ1n) is 11.0. The Balaban J connectivity index is 1.51. The summed E-state index contributed by atoms with van der Waals surface area (Å²) in [5.41, 5.74) is 0.519. The predicted octanol–water partition coefficient (Wildman–Crippen LogP) is 4.22. The van der Waals surface area contributed by atoms with Gasteiger partial charge in [0.05, 0.1) is 29.0 Å². The maximum absolute atomic E-state index is 13.0. The quantitative estimate of drug-likeness (QED) is 0.558. The number of aromatic nitrogens is 2. The van der Waals surface area contributed by atoms with Gasteiger partial charge in [-0.1, -0.05) is 12.1 Å². The highest BCUT2D eigenvalue weighted by Crippen LogP contribution is 2.36. The summed E-state index contributed by atoms with van der Waals surface area (Å²) in [6.07, 6.45) is -0.123. The lowest BCUT2D eigenvalue weighted by molar-refractivity contribution is -0.137. The summed E-state index contributed by atoms with van der Waals surface area (Å²) in [6.45, 7) is 2.97. The minimum absolute atomic E-state index is 0.369. The lowest BCUT2D eigenvalue weighted by atomic mass is 10.1. The van der Waals surface area contributed by atoms with Gasteiger partial charge >= 0.3 is 6.18 Å². The summed E-state index contributed by atoms with van der Waals surface area (Å²) >= 11 is 1.55. The molecule has 12 heteroatoms. The van der Waals surface area contributed by atoms with Gasteiger partial charge in [-0.3, -0.25) is 15.1 Å². The number of hydrogen-bond acceptors (Lipinski definition) is 9. The van der Waals surface area contributed by atoms with Gasteiger partial charge in [0.1, 0.15) is 0 Å². The molecule has 0 bridgehead atoms. The van der Waals surface area contributed by atoms with E-state index in [2.05, 4.69) is 14.9 Å². The standard InChI is InChI=1S/C23H23F3N6O2S/c1-30(22-27-7-2-8-32(22)33)14-17-13-18-19(35-17)21(31-9-11-34-12-10-31)29-20(28-18)15-3-5-16(6-4-15)23(24,25)26/h2-8,13,22,33H,9-12,14H2,1H3. The van der Waals surface area contributed by atoms with Crippen molar-refractivity contribution < 1.29 is 23.1 Å². The Labute approximate surface area is 203 Å². The Hall–Kier alpha value is -3.06. The fourth-order valence-corrected chi connectivity index (χ4v) is 5.19. The van der Waals surface area contributed by atoms with Crippen LogP contribution in [0.1, 0.15) is 10.4 Å². The van der Waals surface area contributed by atoms with Crippen LogP contribution in [0.3, 0.4) is 0 Å². The maximum atomic E-state index is 13.0. The SMILES string of the molecule is CN(Cc1cc2nc(-c3ccc(C(F)(F)F)cc3)nc(N3CCOCC3)c2s1)C1N=CC=CN1O. The summed E-state index contributed by atoms with van der Waals surface area (Å²) in [5, 5.41) is 11.1. The normalized spacial score (nSPS) is 18.7. The molecule has 5 rings (SSSR count). The number of aliphatic imine (C=N–C) groups is 1. The van der Waals surface area contributed by atoms with Gasteiger partial charge in [-0.2, -0.15) is 13.2 Å². The number of halogens is 3. The molecular weight excluding hydrogens is 481 g/mol. The van der Waals surface area contributed by atoms with Crippen LogP contribution in [-0.2, 0) is 17.5 Å². The average molecular weight is 505 g/mol. The van der Waals surface area contributed by atoms with Crippen molar-refractivity contribution in [1.29, 1.82) is 0 Å². The van der Waals surface area contributed by atoms with E-state index in [0.29, 0.717) is 44.2 Å². The molecule has 0 amide bonds. The van der Waals surface area contributed by atoms with Gasteiger partial charge in [0.25, 0.3) is 0 Å². The molecule has 35 heavy (non-hydrogen) atoms. The van der Waals surface area contributed by atoms with E-state index in [9.17, 15) is 18.4 Å². The molecular formula is C23H23F3N6O2S. The third kappa shape index (κ3) is 5.01. The van der Waals surface area contributed by atoms with Crippen molar-refractivity contribution >= 4 is 33.6 Å². The van der Waals surface area contributed by atoms with Gasteiger partial charge in [0, 0.05) is 42.5 Å². The number of morpholine rings is 1. The number of nitrogens with zero attached hydrogens (tertiary/aromatic N) is 6. The molecule has 1 atom stereocenters. The van der Waals surface area contributed by atoms with Crippen molar-refractivity contribution in [3.8, 4) is 11.4 Å². The van der Waals surface area contributed by atoms with Gasteiger partial charge in [-0.15, -0.1) is 11.3 Å². The van der Waals surface area contributed by atoms with E-state index in [0.717, 1.165) is 38.1 Å². The molecule has 2 aliphatic heterocycles. The Bertz CT molecular complexity index is 1250. The summed E-state index contributed by atoms with van der Waals surface area (Å²) in [5.74, 6) is 1.11. The molecule has 0 spiro atoms. The van der Waals surface area contributed by atoms with Gasteiger partial charge < -0.3 is 9.64 Å². The fraction of sp³-hybridized carbons (Fsp3) is 0.348.